The Kier molecular flexibility index (Phi) is 18.4. The van der Waals surface area contributed by atoms with E-state index in [0.29, 0.717) is 24.4 Å². The fraction of sp³-hybridized carbons (Fsp3) is 0.818. The van der Waals surface area contributed by atoms with E-state index in [9.17, 15) is 9.59 Å². The van der Waals surface area contributed by atoms with E-state index in [4.69, 9.17) is 9.47 Å². The maximum atomic E-state index is 12.4. The van der Waals surface area contributed by atoms with E-state index < -0.39 is 0 Å². The highest BCUT2D eigenvalue weighted by Gasteiger charge is 2.40. The van der Waals surface area contributed by atoms with Gasteiger partial charge in [0.25, 0.3) is 0 Å². The van der Waals surface area contributed by atoms with Crippen molar-refractivity contribution in [2.24, 2.45) is 11.3 Å². The molecule has 0 amide bonds. The van der Waals surface area contributed by atoms with E-state index in [-0.39, 0.29) is 23.3 Å². The quantitative estimate of drug-likeness (QED) is 0.103. The first-order valence-electron chi connectivity index (χ1n) is 15.5. The lowest BCUT2D eigenvalue weighted by atomic mass is 9.67. The van der Waals surface area contributed by atoms with Crippen molar-refractivity contribution in [3.05, 3.63) is 24.3 Å². The molecule has 0 saturated heterocycles. The van der Waals surface area contributed by atoms with Crippen LogP contribution in [0, 0.1) is 11.3 Å². The topological polar surface area (TPSA) is 52.6 Å². The molecular formula is C33H58O4. The Balaban J connectivity index is 2.80. The first-order chi connectivity index (χ1) is 17.8. The molecule has 4 nitrogen and oxygen atoms in total. The van der Waals surface area contributed by atoms with Crippen molar-refractivity contribution in [3.63, 3.8) is 0 Å². The second kappa shape index (κ2) is 20.4. The van der Waals surface area contributed by atoms with Gasteiger partial charge in [-0.2, -0.15) is 0 Å². The molecule has 0 heterocycles. The number of rotatable bonds is 18. The van der Waals surface area contributed by atoms with Crippen LogP contribution in [0.4, 0.5) is 0 Å². The molecule has 37 heavy (non-hydrogen) atoms. The van der Waals surface area contributed by atoms with Crippen molar-refractivity contribution in [2.45, 2.75) is 149 Å². The van der Waals surface area contributed by atoms with Crippen molar-refractivity contribution >= 4 is 11.9 Å². The van der Waals surface area contributed by atoms with Crippen LogP contribution in [0.3, 0.4) is 0 Å². The van der Waals surface area contributed by atoms with Crippen LogP contribution in [-0.4, -0.2) is 25.2 Å². The van der Waals surface area contributed by atoms with E-state index in [2.05, 4.69) is 20.1 Å². The fourth-order valence-electron chi connectivity index (χ4n) is 5.71. The Morgan fingerprint density at radius 2 is 1.19 bits per heavy atom. The molecule has 0 aromatic carbocycles. The zero-order valence-electron chi connectivity index (χ0n) is 24.7. The number of ether oxygens (including phenoxy) is 2. The first-order valence-corrected chi connectivity index (χ1v) is 15.5. The molecule has 2 atom stereocenters. The summed E-state index contributed by atoms with van der Waals surface area (Å²) in [6, 6.07) is 0. The molecular weight excluding hydrogens is 460 g/mol. The van der Waals surface area contributed by atoms with Gasteiger partial charge < -0.3 is 9.47 Å². The van der Waals surface area contributed by atoms with Crippen LogP contribution in [0.25, 0.3) is 0 Å². The molecule has 1 saturated carbocycles. The Morgan fingerprint density at radius 1 is 0.703 bits per heavy atom. The van der Waals surface area contributed by atoms with Crippen molar-refractivity contribution < 1.29 is 19.1 Å². The van der Waals surface area contributed by atoms with Gasteiger partial charge in [-0.25, -0.2) is 9.59 Å². The van der Waals surface area contributed by atoms with Gasteiger partial charge in [0.2, 0.25) is 0 Å². The van der Waals surface area contributed by atoms with E-state index >= 15 is 0 Å². The molecule has 214 valence electrons. The lowest BCUT2D eigenvalue weighted by Crippen LogP contribution is -2.40. The van der Waals surface area contributed by atoms with E-state index in [1.165, 1.54) is 89.9 Å². The lowest BCUT2D eigenvalue weighted by Gasteiger charge is -2.41. The highest BCUT2D eigenvalue weighted by molar-refractivity contribution is 5.87. The summed E-state index contributed by atoms with van der Waals surface area (Å²) < 4.78 is 11.6. The smallest absolute Gasteiger partial charge is 0.333 e. The Bertz CT molecular complexity index is 667. The molecule has 1 aliphatic carbocycles. The van der Waals surface area contributed by atoms with Crippen molar-refractivity contribution in [1.29, 1.82) is 0 Å². The summed E-state index contributed by atoms with van der Waals surface area (Å²) in [6.07, 6.45) is 24.7. The number of unbranched alkanes of at least 4 members (excludes halogenated alkanes) is 10. The van der Waals surface area contributed by atoms with Crippen LogP contribution in [0.2, 0.25) is 0 Å². The molecule has 1 aliphatic rings. The lowest BCUT2D eigenvalue weighted by molar-refractivity contribution is -0.150. The molecule has 0 bridgehead atoms. The Labute approximate surface area is 229 Å². The summed E-state index contributed by atoms with van der Waals surface area (Å²) >= 11 is 0. The van der Waals surface area contributed by atoms with Crippen molar-refractivity contribution in [3.8, 4) is 0 Å². The predicted octanol–water partition coefficient (Wildman–Crippen LogP) is 9.66. The van der Waals surface area contributed by atoms with Gasteiger partial charge in [-0.05, 0) is 33.1 Å². The number of hydrogen-bond donors (Lipinski definition) is 0. The monoisotopic (exact) mass is 518 g/mol. The summed E-state index contributed by atoms with van der Waals surface area (Å²) in [5.74, 6) is -0.442. The number of carbonyl (C=O) groups is 2. The second-order valence-corrected chi connectivity index (χ2v) is 11.7. The Morgan fingerprint density at radius 3 is 1.76 bits per heavy atom. The maximum Gasteiger partial charge on any atom is 0.333 e. The third-order valence-corrected chi connectivity index (χ3v) is 8.22. The summed E-state index contributed by atoms with van der Waals surface area (Å²) in [5.41, 5.74) is 0.719. The van der Waals surface area contributed by atoms with E-state index in [1.807, 2.05) is 0 Å². The maximum absolute atomic E-state index is 12.4. The summed E-state index contributed by atoms with van der Waals surface area (Å²) in [6.45, 7) is 14.0. The number of hydrogen-bond acceptors (Lipinski definition) is 4. The van der Waals surface area contributed by atoms with Gasteiger partial charge in [0.05, 0.1) is 13.2 Å². The molecule has 0 radical (unpaired) electrons. The Hall–Kier alpha value is -1.58. The summed E-state index contributed by atoms with van der Waals surface area (Å²) in [5, 5.41) is 0. The normalized spacial score (nSPS) is 20.7. The van der Waals surface area contributed by atoms with E-state index in [1.54, 1.807) is 13.8 Å². The zero-order valence-corrected chi connectivity index (χ0v) is 24.7. The van der Waals surface area contributed by atoms with Crippen LogP contribution in [-0.2, 0) is 19.1 Å². The number of esters is 2. The average Bonchev–Trinajstić information content (AvgIpc) is 2.88. The van der Waals surface area contributed by atoms with Gasteiger partial charge >= 0.3 is 11.9 Å². The SMILES string of the molecule is C=C(C)C(=O)OCC1CCCCCCCCC1(CCCCCCCCCCCCC)COC(=O)C(=C)C. The minimum atomic E-state index is -0.320. The fourth-order valence-corrected chi connectivity index (χ4v) is 5.71. The van der Waals surface area contributed by atoms with Gasteiger partial charge in [-0.15, -0.1) is 0 Å². The molecule has 2 unspecified atom stereocenters. The molecule has 1 rings (SSSR count). The number of carbonyl (C=O) groups excluding carboxylic acids is 2. The standard InChI is InChI=1S/C33H58O4/c1-6-7-8-9-10-11-12-13-15-18-21-24-33(27-37-32(35)29(4)5)25-22-19-16-14-17-20-23-30(33)26-36-31(34)28(2)3/h30H,2,4,6-27H2,1,3,5H3. The van der Waals surface area contributed by atoms with Gasteiger partial charge in [0, 0.05) is 22.5 Å². The van der Waals surface area contributed by atoms with Gasteiger partial charge in [0.15, 0.2) is 0 Å². The average molecular weight is 519 g/mol. The minimum Gasteiger partial charge on any atom is -0.462 e. The molecule has 0 aromatic heterocycles. The molecule has 0 N–H and O–H groups in total. The zero-order chi connectivity index (χ0) is 27.4. The van der Waals surface area contributed by atoms with Crippen LogP contribution < -0.4 is 0 Å². The molecule has 0 spiro atoms. The third-order valence-electron chi connectivity index (χ3n) is 8.22. The summed E-state index contributed by atoms with van der Waals surface area (Å²) in [7, 11) is 0. The highest BCUT2D eigenvalue weighted by atomic mass is 16.5. The van der Waals surface area contributed by atoms with Gasteiger partial charge in [0.1, 0.15) is 0 Å². The molecule has 4 heteroatoms. The van der Waals surface area contributed by atoms with E-state index in [0.717, 1.165) is 38.5 Å². The van der Waals surface area contributed by atoms with Crippen molar-refractivity contribution in [1.82, 2.24) is 0 Å². The van der Waals surface area contributed by atoms with Gasteiger partial charge in [-0.1, -0.05) is 129 Å². The third kappa shape index (κ3) is 14.8. The first kappa shape index (κ1) is 33.4. The van der Waals surface area contributed by atoms with Gasteiger partial charge in [-0.3, -0.25) is 0 Å². The molecule has 0 aliphatic heterocycles. The highest BCUT2D eigenvalue weighted by Crippen LogP contribution is 2.43. The van der Waals surface area contributed by atoms with Crippen LogP contribution in [0.5, 0.6) is 0 Å². The van der Waals surface area contributed by atoms with Crippen molar-refractivity contribution in [2.75, 3.05) is 13.2 Å². The minimum absolute atomic E-state index is 0.156. The summed E-state index contributed by atoms with van der Waals surface area (Å²) in [4.78, 5) is 24.7. The molecule has 1 fully saturated rings. The van der Waals surface area contributed by atoms with Crippen LogP contribution in [0.1, 0.15) is 149 Å². The second-order valence-electron chi connectivity index (χ2n) is 11.7. The predicted molar refractivity (Wildman–Crippen MR) is 155 cm³/mol. The largest absolute Gasteiger partial charge is 0.462 e. The van der Waals surface area contributed by atoms with Crippen LogP contribution >= 0.6 is 0 Å². The van der Waals surface area contributed by atoms with Crippen LogP contribution in [0.15, 0.2) is 24.3 Å². The molecule has 0 aromatic rings.